The zero-order valence-corrected chi connectivity index (χ0v) is 15.6. The molecule has 5 heteroatoms. The van der Waals surface area contributed by atoms with Crippen LogP contribution in [0.4, 0.5) is 0 Å². The lowest BCUT2D eigenvalue weighted by molar-refractivity contribution is -0.144. The topological polar surface area (TPSA) is 61.2 Å². The standard InChI is InChI=1S/C23H20N2O3/c1-2-28-22(26)15-25-23(27)20-13-6-5-12-19(20)21(24-25)14-17-10-7-9-16-8-3-4-11-18(16)17/h3-13H,2,14-15H2,1H3. The first-order chi connectivity index (χ1) is 13.7. The number of hydrogen-bond acceptors (Lipinski definition) is 4. The Kier molecular flexibility index (Phi) is 4.89. The van der Waals surface area contributed by atoms with Gasteiger partial charge in [-0.3, -0.25) is 9.59 Å². The van der Waals surface area contributed by atoms with Crippen molar-refractivity contribution >= 4 is 27.5 Å². The van der Waals surface area contributed by atoms with E-state index in [4.69, 9.17) is 4.74 Å². The molecule has 0 aliphatic carbocycles. The first-order valence-electron chi connectivity index (χ1n) is 9.28. The Morgan fingerprint density at radius 1 is 0.929 bits per heavy atom. The summed E-state index contributed by atoms with van der Waals surface area (Å²) >= 11 is 0. The highest BCUT2D eigenvalue weighted by Crippen LogP contribution is 2.23. The van der Waals surface area contributed by atoms with E-state index in [1.807, 2.05) is 36.4 Å². The predicted octanol–water partition coefficient (Wildman–Crippen LogP) is 3.70. The number of esters is 1. The van der Waals surface area contributed by atoms with Crippen molar-refractivity contribution in [1.29, 1.82) is 0 Å². The maximum atomic E-state index is 12.8. The summed E-state index contributed by atoms with van der Waals surface area (Å²) in [7, 11) is 0. The molecular formula is C23H20N2O3. The van der Waals surface area contributed by atoms with E-state index in [-0.39, 0.29) is 18.7 Å². The van der Waals surface area contributed by atoms with E-state index in [0.29, 0.717) is 11.8 Å². The Labute approximate surface area is 162 Å². The van der Waals surface area contributed by atoms with Crippen LogP contribution in [-0.2, 0) is 22.5 Å². The van der Waals surface area contributed by atoms with Crippen molar-refractivity contribution in [2.75, 3.05) is 6.61 Å². The van der Waals surface area contributed by atoms with Crippen LogP contribution in [0.15, 0.2) is 71.5 Å². The van der Waals surface area contributed by atoms with Crippen LogP contribution in [0.3, 0.4) is 0 Å². The van der Waals surface area contributed by atoms with Gasteiger partial charge in [-0.15, -0.1) is 0 Å². The Morgan fingerprint density at radius 3 is 2.39 bits per heavy atom. The quantitative estimate of drug-likeness (QED) is 0.501. The van der Waals surface area contributed by atoms with Crippen LogP contribution < -0.4 is 5.56 Å². The molecule has 1 aromatic heterocycles. The highest BCUT2D eigenvalue weighted by atomic mass is 16.5. The van der Waals surface area contributed by atoms with Gasteiger partial charge in [-0.25, -0.2) is 4.68 Å². The maximum Gasteiger partial charge on any atom is 0.327 e. The lowest BCUT2D eigenvalue weighted by Crippen LogP contribution is -2.29. The minimum Gasteiger partial charge on any atom is -0.465 e. The molecule has 140 valence electrons. The molecule has 0 bridgehead atoms. The predicted molar refractivity (Wildman–Crippen MR) is 109 cm³/mol. The van der Waals surface area contributed by atoms with Crippen molar-refractivity contribution in [3.05, 3.63) is 88.3 Å². The molecule has 0 radical (unpaired) electrons. The fourth-order valence-corrected chi connectivity index (χ4v) is 3.50. The lowest BCUT2D eigenvalue weighted by Gasteiger charge is -2.12. The van der Waals surface area contributed by atoms with Gasteiger partial charge < -0.3 is 4.74 Å². The molecule has 0 unspecified atom stereocenters. The van der Waals surface area contributed by atoms with E-state index in [9.17, 15) is 9.59 Å². The van der Waals surface area contributed by atoms with E-state index < -0.39 is 5.97 Å². The third-order valence-corrected chi connectivity index (χ3v) is 4.77. The summed E-state index contributed by atoms with van der Waals surface area (Å²) < 4.78 is 6.20. The molecule has 0 aliphatic rings. The zero-order chi connectivity index (χ0) is 19.5. The number of aromatic nitrogens is 2. The van der Waals surface area contributed by atoms with Crippen LogP contribution in [0.5, 0.6) is 0 Å². The molecule has 1 heterocycles. The summed E-state index contributed by atoms with van der Waals surface area (Å²) in [5.74, 6) is -0.469. The van der Waals surface area contributed by atoms with Crippen molar-refractivity contribution in [3.8, 4) is 0 Å². The Balaban J connectivity index is 1.84. The Morgan fingerprint density at radius 2 is 1.61 bits per heavy atom. The second kappa shape index (κ2) is 7.64. The van der Waals surface area contributed by atoms with Crippen LogP contribution in [0.1, 0.15) is 18.2 Å². The van der Waals surface area contributed by atoms with Crippen molar-refractivity contribution in [1.82, 2.24) is 9.78 Å². The summed E-state index contributed by atoms with van der Waals surface area (Å²) in [5, 5.41) is 8.20. The monoisotopic (exact) mass is 372 g/mol. The van der Waals surface area contributed by atoms with Crippen LogP contribution in [0, 0.1) is 0 Å². The SMILES string of the molecule is CCOC(=O)Cn1nc(Cc2cccc3ccccc23)c2ccccc2c1=O. The molecule has 4 rings (SSSR count). The highest BCUT2D eigenvalue weighted by Gasteiger charge is 2.14. The van der Waals surface area contributed by atoms with E-state index in [1.165, 1.54) is 4.68 Å². The largest absolute Gasteiger partial charge is 0.465 e. The molecule has 3 aromatic carbocycles. The zero-order valence-electron chi connectivity index (χ0n) is 15.6. The minimum absolute atomic E-state index is 0.194. The normalized spacial score (nSPS) is 11.0. The lowest BCUT2D eigenvalue weighted by atomic mass is 9.99. The number of ether oxygens (including phenoxy) is 1. The molecule has 0 aliphatic heterocycles. The van der Waals surface area contributed by atoms with Crippen molar-refractivity contribution in [2.24, 2.45) is 0 Å². The first kappa shape index (κ1) is 17.9. The fourth-order valence-electron chi connectivity index (χ4n) is 3.50. The van der Waals surface area contributed by atoms with Gasteiger partial charge in [-0.1, -0.05) is 60.7 Å². The Hall–Kier alpha value is -3.47. The van der Waals surface area contributed by atoms with Gasteiger partial charge in [-0.2, -0.15) is 5.10 Å². The smallest absolute Gasteiger partial charge is 0.327 e. The number of rotatable bonds is 5. The molecule has 0 saturated heterocycles. The van der Waals surface area contributed by atoms with Crippen molar-refractivity contribution < 1.29 is 9.53 Å². The molecule has 0 fully saturated rings. The third kappa shape index (κ3) is 3.39. The van der Waals surface area contributed by atoms with Crippen LogP contribution in [0.25, 0.3) is 21.5 Å². The third-order valence-electron chi connectivity index (χ3n) is 4.77. The molecule has 4 aromatic rings. The number of benzene rings is 3. The van der Waals surface area contributed by atoms with Gasteiger partial charge in [-0.05, 0) is 29.3 Å². The first-order valence-corrected chi connectivity index (χ1v) is 9.28. The molecular weight excluding hydrogens is 352 g/mol. The summed E-state index contributed by atoms with van der Waals surface area (Å²) in [6, 6.07) is 21.7. The van der Waals surface area contributed by atoms with Crippen LogP contribution in [0.2, 0.25) is 0 Å². The fraction of sp³-hybridized carbons (Fsp3) is 0.174. The number of hydrogen-bond donors (Lipinski definition) is 0. The van der Waals surface area contributed by atoms with Crippen molar-refractivity contribution in [3.63, 3.8) is 0 Å². The van der Waals surface area contributed by atoms with Crippen LogP contribution in [-0.4, -0.2) is 22.4 Å². The average Bonchev–Trinajstić information content (AvgIpc) is 2.72. The molecule has 0 spiro atoms. The molecule has 28 heavy (non-hydrogen) atoms. The molecule has 0 amide bonds. The molecule has 0 saturated carbocycles. The second-order valence-corrected chi connectivity index (χ2v) is 6.58. The summed E-state index contributed by atoms with van der Waals surface area (Å²) in [4.78, 5) is 24.7. The number of carbonyl (C=O) groups is 1. The van der Waals surface area contributed by atoms with E-state index >= 15 is 0 Å². The molecule has 0 atom stereocenters. The maximum absolute atomic E-state index is 12.8. The van der Waals surface area contributed by atoms with Gasteiger partial charge in [0, 0.05) is 11.8 Å². The number of nitrogens with zero attached hydrogens (tertiary/aromatic N) is 2. The van der Waals surface area contributed by atoms with Gasteiger partial charge in [0.05, 0.1) is 17.7 Å². The summed E-state index contributed by atoms with van der Waals surface area (Å²) in [5.41, 5.74) is 1.60. The van der Waals surface area contributed by atoms with Crippen molar-refractivity contribution in [2.45, 2.75) is 19.9 Å². The average molecular weight is 372 g/mol. The highest BCUT2D eigenvalue weighted by molar-refractivity contribution is 5.88. The van der Waals surface area contributed by atoms with Gasteiger partial charge in [0.25, 0.3) is 5.56 Å². The number of carbonyl (C=O) groups excluding carboxylic acids is 1. The van der Waals surface area contributed by atoms with Gasteiger partial charge in [0.2, 0.25) is 0 Å². The minimum atomic E-state index is -0.469. The van der Waals surface area contributed by atoms with Gasteiger partial charge >= 0.3 is 5.97 Å². The molecule has 5 nitrogen and oxygen atoms in total. The second-order valence-electron chi connectivity index (χ2n) is 6.58. The van der Waals surface area contributed by atoms with Crippen LogP contribution >= 0.6 is 0 Å². The Bertz CT molecular complexity index is 1220. The van der Waals surface area contributed by atoms with E-state index in [1.54, 1.807) is 13.0 Å². The summed E-state index contributed by atoms with van der Waals surface area (Å²) in [6.45, 7) is 1.81. The van der Waals surface area contributed by atoms with Gasteiger partial charge in [0.15, 0.2) is 0 Å². The van der Waals surface area contributed by atoms with E-state index in [2.05, 4.69) is 29.4 Å². The summed E-state index contributed by atoms with van der Waals surface area (Å²) in [6.07, 6.45) is 0.560. The number of fused-ring (bicyclic) bond motifs is 2. The van der Waals surface area contributed by atoms with E-state index in [0.717, 1.165) is 27.4 Å². The molecule has 0 N–H and O–H groups in total. The van der Waals surface area contributed by atoms with Gasteiger partial charge in [0.1, 0.15) is 6.54 Å².